The van der Waals surface area contributed by atoms with Gasteiger partial charge in [-0.25, -0.2) is 0 Å². The normalized spacial score (nSPS) is 25.4. The second kappa shape index (κ2) is 6.41. The van der Waals surface area contributed by atoms with Crippen molar-refractivity contribution < 1.29 is 13.9 Å². The molecule has 0 unspecified atom stereocenters. The summed E-state index contributed by atoms with van der Waals surface area (Å²) in [5.74, 6) is 0.259. The topological polar surface area (TPSA) is 54.7 Å². The molecule has 1 aromatic heterocycles. The van der Waals surface area contributed by atoms with E-state index in [0.717, 1.165) is 18.7 Å². The van der Waals surface area contributed by atoms with Gasteiger partial charge in [0.2, 0.25) is 0 Å². The average molecular weight is 280 g/mol. The summed E-state index contributed by atoms with van der Waals surface area (Å²) < 4.78 is 10.9. The molecule has 1 N–H and O–H groups in total. The molecule has 0 aliphatic carbocycles. The van der Waals surface area contributed by atoms with E-state index in [0.29, 0.717) is 12.3 Å². The van der Waals surface area contributed by atoms with Gasteiger partial charge in [-0.2, -0.15) is 0 Å². The fraction of sp³-hybridized carbons (Fsp3) is 0.667. The van der Waals surface area contributed by atoms with Crippen LogP contribution in [0, 0.1) is 6.92 Å². The van der Waals surface area contributed by atoms with Crippen molar-refractivity contribution in [2.75, 3.05) is 19.6 Å². The van der Waals surface area contributed by atoms with Crippen molar-refractivity contribution in [3.8, 4) is 0 Å². The third-order valence-corrected chi connectivity index (χ3v) is 3.70. The van der Waals surface area contributed by atoms with Gasteiger partial charge in [-0.3, -0.25) is 9.69 Å². The Morgan fingerprint density at radius 2 is 2.10 bits per heavy atom. The number of furan rings is 1. The summed E-state index contributed by atoms with van der Waals surface area (Å²) in [6, 6.07) is 2.08. The van der Waals surface area contributed by atoms with Crippen LogP contribution in [0.15, 0.2) is 16.7 Å². The number of amides is 1. The fourth-order valence-electron chi connectivity index (χ4n) is 2.63. The van der Waals surface area contributed by atoms with Gasteiger partial charge in [0.15, 0.2) is 5.76 Å². The first kappa shape index (κ1) is 15.1. The Bertz CT molecular complexity index is 448. The lowest BCUT2D eigenvalue weighted by Crippen LogP contribution is -2.52. The first-order valence-corrected chi connectivity index (χ1v) is 7.19. The first-order chi connectivity index (χ1) is 9.47. The highest BCUT2D eigenvalue weighted by Gasteiger charge is 2.26. The van der Waals surface area contributed by atoms with Gasteiger partial charge in [0.1, 0.15) is 0 Å². The molecule has 1 saturated heterocycles. The summed E-state index contributed by atoms with van der Waals surface area (Å²) in [5.41, 5.74) is 0.865. The van der Waals surface area contributed by atoms with Crippen molar-refractivity contribution in [3.05, 3.63) is 23.7 Å². The Kier molecular flexibility index (Phi) is 4.83. The highest BCUT2D eigenvalue weighted by molar-refractivity contribution is 5.92. The van der Waals surface area contributed by atoms with Crippen molar-refractivity contribution in [3.63, 3.8) is 0 Å². The van der Waals surface area contributed by atoms with Crippen molar-refractivity contribution >= 4 is 5.91 Å². The molecule has 0 radical (unpaired) electrons. The lowest BCUT2D eigenvalue weighted by molar-refractivity contribution is -0.0778. The van der Waals surface area contributed by atoms with Crippen LogP contribution in [0.1, 0.15) is 36.9 Å². The predicted octanol–water partition coefficient (Wildman–Crippen LogP) is 1.82. The van der Waals surface area contributed by atoms with Crippen LogP contribution in [-0.4, -0.2) is 48.7 Å². The van der Waals surface area contributed by atoms with Gasteiger partial charge in [-0.05, 0) is 33.8 Å². The van der Waals surface area contributed by atoms with Gasteiger partial charge in [-0.1, -0.05) is 0 Å². The lowest BCUT2D eigenvalue weighted by atomic mass is 10.1. The average Bonchev–Trinajstić information content (AvgIpc) is 2.80. The highest BCUT2D eigenvalue weighted by Crippen LogP contribution is 2.13. The van der Waals surface area contributed by atoms with Crippen LogP contribution in [-0.2, 0) is 4.74 Å². The van der Waals surface area contributed by atoms with Crippen molar-refractivity contribution in [1.29, 1.82) is 0 Å². The molecule has 20 heavy (non-hydrogen) atoms. The Morgan fingerprint density at radius 1 is 1.45 bits per heavy atom. The largest absolute Gasteiger partial charge is 0.459 e. The van der Waals surface area contributed by atoms with Crippen molar-refractivity contribution in [2.45, 2.75) is 45.9 Å². The van der Waals surface area contributed by atoms with E-state index in [-0.39, 0.29) is 24.2 Å². The van der Waals surface area contributed by atoms with E-state index < -0.39 is 0 Å². The van der Waals surface area contributed by atoms with Crippen LogP contribution in [0.25, 0.3) is 0 Å². The Labute approximate surface area is 120 Å². The quantitative estimate of drug-likeness (QED) is 0.914. The number of hydrogen-bond donors (Lipinski definition) is 1. The van der Waals surface area contributed by atoms with E-state index in [1.807, 2.05) is 6.92 Å². The third-order valence-electron chi connectivity index (χ3n) is 3.70. The number of hydrogen-bond acceptors (Lipinski definition) is 4. The Hall–Kier alpha value is -1.33. The second-order valence-electron chi connectivity index (χ2n) is 5.70. The van der Waals surface area contributed by atoms with Gasteiger partial charge < -0.3 is 14.5 Å². The number of rotatable bonds is 4. The maximum Gasteiger partial charge on any atom is 0.287 e. The molecule has 2 heterocycles. The summed E-state index contributed by atoms with van der Waals surface area (Å²) in [7, 11) is 0. The minimum Gasteiger partial charge on any atom is -0.459 e. The van der Waals surface area contributed by atoms with Gasteiger partial charge in [-0.15, -0.1) is 0 Å². The van der Waals surface area contributed by atoms with Crippen LogP contribution in [0.4, 0.5) is 0 Å². The number of morpholine rings is 1. The van der Waals surface area contributed by atoms with E-state index in [1.54, 1.807) is 12.3 Å². The minimum absolute atomic E-state index is 0.145. The number of carbonyl (C=O) groups is 1. The monoisotopic (exact) mass is 280 g/mol. The highest BCUT2D eigenvalue weighted by atomic mass is 16.5. The summed E-state index contributed by atoms with van der Waals surface area (Å²) in [6.07, 6.45) is 2.02. The number of aryl methyl sites for hydroxylation is 1. The molecule has 0 aromatic carbocycles. The fourth-order valence-corrected chi connectivity index (χ4v) is 2.63. The van der Waals surface area contributed by atoms with Gasteiger partial charge in [0.25, 0.3) is 5.91 Å². The summed E-state index contributed by atoms with van der Waals surface area (Å²) in [5, 5.41) is 2.94. The second-order valence-corrected chi connectivity index (χ2v) is 5.70. The number of nitrogens with one attached hydrogen (secondary N) is 1. The number of ether oxygens (including phenoxy) is 1. The molecule has 1 aliphatic heterocycles. The molecule has 3 atom stereocenters. The standard InChI is InChI=1S/C15H24N2O3/c1-10-5-6-19-14(10)15(18)16-7-11(2)17-8-12(3)20-13(4)9-17/h5-6,11-13H,7-9H2,1-4H3,(H,16,18)/t11-,12-,13-/m0/s1. The van der Waals surface area contributed by atoms with E-state index in [2.05, 4.69) is 31.0 Å². The molecule has 1 aromatic rings. The van der Waals surface area contributed by atoms with Crippen LogP contribution >= 0.6 is 0 Å². The summed E-state index contributed by atoms with van der Waals surface area (Å²) >= 11 is 0. The third kappa shape index (κ3) is 3.61. The van der Waals surface area contributed by atoms with Crippen LogP contribution in [0.2, 0.25) is 0 Å². The molecule has 112 valence electrons. The zero-order valence-electron chi connectivity index (χ0n) is 12.7. The predicted molar refractivity (Wildman–Crippen MR) is 76.8 cm³/mol. The van der Waals surface area contributed by atoms with Crippen LogP contribution in [0.5, 0.6) is 0 Å². The Balaban J connectivity index is 1.84. The lowest BCUT2D eigenvalue weighted by Gasteiger charge is -2.38. The van der Waals surface area contributed by atoms with Gasteiger partial charge in [0.05, 0.1) is 18.5 Å². The van der Waals surface area contributed by atoms with E-state index in [4.69, 9.17) is 9.15 Å². The molecule has 1 fully saturated rings. The van der Waals surface area contributed by atoms with Crippen molar-refractivity contribution in [1.82, 2.24) is 10.2 Å². The molecule has 0 saturated carbocycles. The maximum absolute atomic E-state index is 12.0. The van der Waals surface area contributed by atoms with Crippen molar-refractivity contribution in [2.24, 2.45) is 0 Å². The van der Waals surface area contributed by atoms with Crippen LogP contribution in [0.3, 0.4) is 0 Å². The van der Waals surface area contributed by atoms with E-state index in [9.17, 15) is 4.79 Å². The summed E-state index contributed by atoms with van der Waals surface area (Å²) in [4.78, 5) is 14.3. The Morgan fingerprint density at radius 3 is 2.65 bits per heavy atom. The zero-order chi connectivity index (χ0) is 14.7. The number of nitrogens with zero attached hydrogens (tertiary/aromatic N) is 1. The molecule has 5 heteroatoms. The van der Waals surface area contributed by atoms with E-state index >= 15 is 0 Å². The van der Waals surface area contributed by atoms with E-state index in [1.165, 1.54) is 0 Å². The smallest absolute Gasteiger partial charge is 0.287 e. The maximum atomic E-state index is 12.0. The molecule has 5 nitrogen and oxygen atoms in total. The molecule has 0 spiro atoms. The summed E-state index contributed by atoms with van der Waals surface area (Å²) in [6.45, 7) is 10.6. The molecular formula is C15H24N2O3. The molecule has 1 aliphatic rings. The number of carbonyl (C=O) groups excluding carboxylic acids is 1. The van der Waals surface area contributed by atoms with Crippen LogP contribution < -0.4 is 5.32 Å². The van der Waals surface area contributed by atoms with Gasteiger partial charge >= 0.3 is 0 Å². The molecule has 1 amide bonds. The molecule has 2 rings (SSSR count). The SMILES string of the molecule is Cc1ccoc1C(=O)NC[C@H](C)N1C[C@H](C)O[C@@H](C)C1. The first-order valence-electron chi connectivity index (χ1n) is 7.19. The molecule has 0 bridgehead atoms. The molecular weight excluding hydrogens is 256 g/mol. The zero-order valence-corrected chi connectivity index (χ0v) is 12.7. The minimum atomic E-state index is -0.145. The van der Waals surface area contributed by atoms with Gasteiger partial charge in [0, 0.05) is 31.2 Å².